The number of para-hydroxylation sites is 1. The van der Waals surface area contributed by atoms with Crippen molar-refractivity contribution < 1.29 is 29.5 Å². The van der Waals surface area contributed by atoms with E-state index in [4.69, 9.17) is 27.8 Å². The van der Waals surface area contributed by atoms with E-state index in [9.17, 15) is 19.8 Å². The summed E-state index contributed by atoms with van der Waals surface area (Å²) in [5.41, 5.74) is 12.2. The molecule has 2 amide bonds. The molecule has 0 aromatic heterocycles. The van der Waals surface area contributed by atoms with E-state index in [0.29, 0.717) is 28.5 Å². The van der Waals surface area contributed by atoms with Crippen molar-refractivity contribution in [3.05, 3.63) is 64.2 Å². The Balaban J connectivity index is 1.26. The van der Waals surface area contributed by atoms with Crippen LogP contribution in [0.25, 0.3) is 0 Å². The standard InChI is InChI=1S/C28H33ClN8O5/c1-26(2)10-11-42-20-16(4-3-5-17(20)26)23(39)34-19-13-37-25(31)33-18(12-32-22(38)14-6-8-15(29)9-7-14)21-27(37,28(19,40)41)36-24(30)35-21/h3-9,18-19,21,40-41H,10-13H2,1-2H3,(H2,31,33)(H,32,38)(H,34,39)(H3,30,35,36)/p+1/t18-,19?,21-,27?/m0/s1. The molecular formula is C28H34ClN8O5+. The minimum absolute atomic E-state index is 0.000753. The van der Waals surface area contributed by atoms with Crippen LogP contribution in [0.4, 0.5) is 0 Å². The first kappa shape index (κ1) is 28.1. The predicted octanol–water partition coefficient (Wildman–Crippen LogP) is -2.31. The summed E-state index contributed by atoms with van der Waals surface area (Å²) in [6.07, 6.45) is 0.805. The van der Waals surface area contributed by atoms with Crippen LogP contribution in [-0.2, 0) is 5.41 Å². The monoisotopic (exact) mass is 597 g/mol. The molecule has 0 saturated carbocycles. The zero-order valence-corrected chi connectivity index (χ0v) is 23.9. The van der Waals surface area contributed by atoms with Crippen molar-refractivity contribution >= 4 is 35.3 Å². The third-order valence-electron chi connectivity index (χ3n) is 8.73. The molecule has 0 bridgehead atoms. The number of aliphatic imine (C=N–C) groups is 1. The summed E-state index contributed by atoms with van der Waals surface area (Å²) >= 11 is 5.93. The highest BCUT2D eigenvalue weighted by atomic mass is 35.5. The fourth-order valence-electron chi connectivity index (χ4n) is 6.42. The molecule has 2 aromatic rings. The summed E-state index contributed by atoms with van der Waals surface area (Å²) in [6, 6.07) is 8.95. The number of amides is 2. The molecule has 1 saturated heterocycles. The maximum absolute atomic E-state index is 13.6. The number of hydrogen-bond acceptors (Lipinski definition) is 10. The van der Waals surface area contributed by atoms with E-state index in [1.54, 1.807) is 36.4 Å². The molecule has 1 spiro atoms. The van der Waals surface area contributed by atoms with Gasteiger partial charge >= 0.3 is 5.96 Å². The van der Waals surface area contributed by atoms with Gasteiger partial charge in [-0.25, -0.2) is 10.3 Å². The lowest BCUT2D eigenvalue weighted by Gasteiger charge is -2.46. The average molecular weight is 598 g/mol. The fraction of sp³-hybridized carbons (Fsp3) is 0.429. The van der Waals surface area contributed by atoms with Gasteiger partial charge in [0.25, 0.3) is 17.5 Å². The van der Waals surface area contributed by atoms with E-state index in [2.05, 4.69) is 39.8 Å². The number of carbonyl (C=O) groups excluding carboxylic acids is 2. The van der Waals surface area contributed by atoms with Crippen molar-refractivity contribution in [1.29, 1.82) is 0 Å². The van der Waals surface area contributed by atoms with E-state index in [1.165, 1.54) is 4.90 Å². The molecule has 1 fully saturated rings. The lowest BCUT2D eigenvalue weighted by Crippen LogP contribution is -2.90. The van der Waals surface area contributed by atoms with E-state index < -0.39 is 35.5 Å². The van der Waals surface area contributed by atoms with Crippen molar-refractivity contribution in [3.8, 4) is 5.75 Å². The first-order chi connectivity index (χ1) is 19.8. The predicted molar refractivity (Wildman–Crippen MR) is 154 cm³/mol. The quantitative estimate of drug-likeness (QED) is 0.174. The Morgan fingerprint density at radius 1 is 1.19 bits per heavy atom. The third kappa shape index (κ3) is 4.22. The number of ether oxygens (including phenoxy) is 1. The second kappa shape index (κ2) is 9.75. The molecule has 4 heterocycles. The Labute approximate surface area is 247 Å². The topological polar surface area (TPSA) is 202 Å². The highest BCUT2D eigenvalue weighted by Crippen LogP contribution is 2.43. The Morgan fingerprint density at radius 2 is 1.93 bits per heavy atom. The van der Waals surface area contributed by atoms with Gasteiger partial charge in [0.15, 0.2) is 12.0 Å². The van der Waals surface area contributed by atoms with Crippen LogP contribution in [0.3, 0.4) is 0 Å². The van der Waals surface area contributed by atoms with Gasteiger partial charge in [0, 0.05) is 22.7 Å². The van der Waals surface area contributed by atoms with Gasteiger partial charge in [-0.05, 0) is 42.2 Å². The summed E-state index contributed by atoms with van der Waals surface area (Å²) in [6.45, 7) is 4.56. The molecule has 10 N–H and O–H groups in total. The Hall–Kier alpha value is -4.07. The molecule has 42 heavy (non-hydrogen) atoms. The summed E-state index contributed by atoms with van der Waals surface area (Å²) in [7, 11) is 0. The number of aliphatic hydroxyl groups is 2. The third-order valence-corrected chi connectivity index (χ3v) is 8.98. The normalized spacial score (nSPS) is 28.2. The molecule has 4 aliphatic rings. The van der Waals surface area contributed by atoms with Gasteiger partial charge in [-0.2, -0.15) is 0 Å². The minimum atomic E-state index is -2.59. The molecular weight excluding hydrogens is 564 g/mol. The van der Waals surface area contributed by atoms with Gasteiger partial charge in [0.1, 0.15) is 17.8 Å². The van der Waals surface area contributed by atoms with E-state index in [-0.39, 0.29) is 36.3 Å². The molecule has 14 heteroatoms. The van der Waals surface area contributed by atoms with Crippen molar-refractivity contribution in [3.63, 3.8) is 0 Å². The number of halogens is 1. The highest BCUT2D eigenvalue weighted by molar-refractivity contribution is 6.30. The second-order valence-corrected chi connectivity index (χ2v) is 12.2. The number of nitrogens with two attached hydrogens (primary N) is 2. The van der Waals surface area contributed by atoms with Crippen molar-refractivity contribution in [2.24, 2.45) is 16.5 Å². The highest BCUT2D eigenvalue weighted by Gasteiger charge is 2.76. The molecule has 0 radical (unpaired) electrons. The van der Waals surface area contributed by atoms with Gasteiger partial charge in [0.2, 0.25) is 5.79 Å². The lowest BCUT2D eigenvalue weighted by molar-refractivity contribution is -0.521. The smallest absolute Gasteiger partial charge is 0.343 e. The Kier molecular flexibility index (Phi) is 6.52. The molecule has 222 valence electrons. The number of carbonyl (C=O) groups is 2. The SMILES string of the molecule is CC1(C)CCOc2c(C(=O)NC3CN4C(N)=N[C@@H](CNC(=O)c5ccc(Cl)cc5)[C@@H]5[NH+]=C(N)NC54C3(O)O)cccc21. The molecule has 2 aromatic carbocycles. The second-order valence-electron chi connectivity index (χ2n) is 11.7. The molecule has 6 rings (SSSR count). The van der Waals surface area contributed by atoms with Gasteiger partial charge in [-0.15, -0.1) is 0 Å². The van der Waals surface area contributed by atoms with Crippen LogP contribution in [0.5, 0.6) is 5.75 Å². The Morgan fingerprint density at radius 3 is 2.67 bits per heavy atom. The number of nitrogens with one attached hydrogen (secondary N) is 4. The zero-order chi connectivity index (χ0) is 30.0. The molecule has 4 aliphatic heterocycles. The van der Waals surface area contributed by atoms with E-state index >= 15 is 0 Å². The van der Waals surface area contributed by atoms with Crippen LogP contribution in [0, 0.1) is 0 Å². The van der Waals surface area contributed by atoms with Crippen LogP contribution in [-0.4, -0.2) is 88.1 Å². The van der Waals surface area contributed by atoms with E-state index in [0.717, 1.165) is 12.0 Å². The first-order valence-corrected chi connectivity index (χ1v) is 14.1. The van der Waals surface area contributed by atoms with Gasteiger partial charge in [-0.1, -0.05) is 37.6 Å². The number of nitrogens with zero attached hydrogens (tertiary/aromatic N) is 2. The summed E-state index contributed by atoms with van der Waals surface area (Å²) < 4.78 is 5.90. The van der Waals surface area contributed by atoms with Crippen LogP contribution < -0.4 is 37.1 Å². The fourth-order valence-corrected chi connectivity index (χ4v) is 6.55. The zero-order valence-electron chi connectivity index (χ0n) is 23.1. The largest absolute Gasteiger partial charge is 0.492 e. The Bertz CT molecular complexity index is 1510. The maximum Gasteiger partial charge on any atom is 0.343 e. The summed E-state index contributed by atoms with van der Waals surface area (Å²) in [5, 5.41) is 32.5. The molecule has 2 unspecified atom stereocenters. The number of guanidine groups is 2. The number of rotatable bonds is 5. The molecule has 0 aliphatic carbocycles. The number of hydrogen-bond donors (Lipinski definition) is 8. The number of benzene rings is 2. The van der Waals surface area contributed by atoms with Crippen LogP contribution in [0.1, 0.15) is 46.5 Å². The summed E-state index contributed by atoms with van der Waals surface area (Å²) in [4.78, 5) is 35.4. The van der Waals surface area contributed by atoms with E-state index in [1.807, 2.05) is 6.07 Å². The average Bonchev–Trinajstić information content (AvgIpc) is 3.41. The number of fused-ring (bicyclic) bond motifs is 1. The molecule has 4 atom stereocenters. The van der Waals surface area contributed by atoms with Gasteiger partial charge in [-0.3, -0.25) is 25.2 Å². The van der Waals surface area contributed by atoms with Gasteiger partial charge < -0.3 is 31.3 Å². The van der Waals surface area contributed by atoms with Crippen LogP contribution in [0.2, 0.25) is 5.02 Å². The lowest BCUT2D eigenvalue weighted by atomic mass is 9.79. The van der Waals surface area contributed by atoms with Crippen molar-refractivity contribution in [1.82, 2.24) is 20.9 Å². The van der Waals surface area contributed by atoms with Crippen LogP contribution >= 0.6 is 11.6 Å². The first-order valence-electron chi connectivity index (χ1n) is 13.7. The van der Waals surface area contributed by atoms with Crippen molar-refractivity contribution in [2.75, 3.05) is 19.7 Å². The van der Waals surface area contributed by atoms with Crippen LogP contribution in [0.15, 0.2) is 47.5 Å². The summed E-state index contributed by atoms with van der Waals surface area (Å²) in [5.74, 6) is -2.94. The minimum Gasteiger partial charge on any atom is -0.492 e. The maximum atomic E-state index is 13.6. The van der Waals surface area contributed by atoms with Crippen molar-refractivity contribution in [2.45, 2.75) is 55.3 Å². The van der Waals surface area contributed by atoms with Gasteiger partial charge in [0.05, 0.1) is 18.7 Å². The molecule has 13 nitrogen and oxygen atoms in total.